The van der Waals surface area contributed by atoms with Gasteiger partial charge in [-0.1, -0.05) is 11.6 Å². The summed E-state index contributed by atoms with van der Waals surface area (Å²) in [5.74, 6) is 0.432. The molecule has 8 nitrogen and oxygen atoms in total. The molecule has 28 heavy (non-hydrogen) atoms. The molecule has 3 aromatic rings. The van der Waals surface area contributed by atoms with Crippen molar-refractivity contribution in [1.82, 2.24) is 25.6 Å². The van der Waals surface area contributed by atoms with Crippen LogP contribution in [0.15, 0.2) is 30.6 Å². The molecule has 1 saturated carbocycles. The molecule has 4 N–H and O–H groups in total. The second kappa shape index (κ2) is 7.65. The van der Waals surface area contributed by atoms with Crippen molar-refractivity contribution in [3.63, 3.8) is 0 Å². The number of aromatic amines is 1. The zero-order valence-corrected chi connectivity index (χ0v) is 16.0. The third-order valence-electron chi connectivity index (χ3n) is 4.87. The van der Waals surface area contributed by atoms with Crippen LogP contribution in [0.3, 0.4) is 0 Å². The summed E-state index contributed by atoms with van der Waals surface area (Å²) < 4.78 is 5.03. The van der Waals surface area contributed by atoms with E-state index in [1.54, 1.807) is 6.20 Å². The summed E-state index contributed by atoms with van der Waals surface area (Å²) in [6.45, 7) is 0.332. The van der Waals surface area contributed by atoms with Crippen LogP contribution in [0.5, 0.6) is 5.88 Å². The van der Waals surface area contributed by atoms with Gasteiger partial charge in [0, 0.05) is 22.2 Å². The fraction of sp³-hybridized carbons (Fsp3) is 0.316. The Hall–Kier alpha value is -2.84. The number of rotatable bonds is 5. The lowest BCUT2D eigenvalue weighted by Crippen LogP contribution is -2.52. The summed E-state index contributed by atoms with van der Waals surface area (Å²) in [5.41, 5.74) is 3.11. The van der Waals surface area contributed by atoms with E-state index in [1.165, 1.54) is 13.3 Å². The largest absolute Gasteiger partial charge is 0.480 e. The molecular formula is C19H20ClN5O3. The van der Waals surface area contributed by atoms with E-state index < -0.39 is 6.10 Å². The number of benzene rings is 1. The van der Waals surface area contributed by atoms with Crippen LogP contribution in [0, 0.1) is 0 Å². The molecule has 0 radical (unpaired) electrons. The molecule has 0 aliphatic heterocycles. The number of aromatic nitrogens is 3. The number of urea groups is 1. The molecule has 4 rings (SSSR count). The molecule has 1 aliphatic rings. The average molecular weight is 402 g/mol. The van der Waals surface area contributed by atoms with Gasteiger partial charge in [-0.2, -0.15) is 0 Å². The van der Waals surface area contributed by atoms with Crippen molar-refractivity contribution in [1.29, 1.82) is 0 Å². The Morgan fingerprint density at radius 1 is 1.32 bits per heavy atom. The van der Waals surface area contributed by atoms with Gasteiger partial charge in [0.25, 0.3) is 0 Å². The molecule has 2 unspecified atom stereocenters. The highest BCUT2D eigenvalue weighted by atomic mass is 35.5. The number of nitrogens with zero attached hydrogens (tertiary/aromatic N) is 2. The van der Waals surface area contributed by atoms with Gasteiger partial charge in [-0.05, 0) is 31.0 Å². The van der Waals surface area contributed by atoms with Crippen LogP contribution in [0.1, 0.15) is 18.5 Å². The molecule has 0 bridgehead atoms. The van der Waals surface area contributed by atoms with Crippen LogP contribution in [0.25, 0.3) is 22.2 Å². The van der Waals surface area contributed by atoms with Gasteiger partial charge in [-0.25, -0.2) is 14.8 Å². The number of nitrogens with one attached hydrogen (secondary N) is 3. The molecule has 0 spiro atoms. The number of halogens is 1. The Balaban J connectivity index is 1.48. The summed E-state index contributed by atoms with van der Waals surface area (Å²) in [4.78, 5) is 23.7. The van der Waals surface area contributed by atoms with Crippen molar-refractivity contribution in [2.45, 2.75) is 31.5 Å². The standard InChI is InChI=1S/C19H20ClN5O3/c1-28-18-9-21-16(8-22-18)12-6-15-10(5-13(12)20)4-11(24-15)7-23-19(27)25-14-2-3-17(14)26/h4-6,8-9,14,17,24,26H,2-3,7H2,1H3,(H2,23,25,27). The van der Waals surface area contributed by atoms with Crippen LogP contribution in [-0.2, 0) is 6.54 Å². The maximum atomic E-state index is 11.9. The van der Waals surface area contributed by atoms with E-state index in [9.17, 15) is 9.90 Å². The summed E-state index contributed by atoms with van der Waals surface area (Å²) in [5, 5.41) is 16.6. The first-order valence-corrected chi connectivity index (χ1v) is 9.31. The monoisotopic (exact) mass is 401 g/mol. The minimum absolute atomic E-state index is 0.158. The van der Waals surface area contributed by atoms with E-state index in [1.807, 2.05) is 18.2 Å². The Morgan fingerprint density at radius 2 is 2.18 bits per heavy atom. The Labute approximate surface area is 166 Å². The molecule has 2 aromatic heterocycles. The normalized spacial score (nSPS) is 18.5. The van der Waals surface area contributed by atoms with Crippen molar-refractivity contribution in [3.05, 3.63) is 41.3 Å². The molecule has 9 heteroatoms. The van der Waals surface area contributed by atoms with E-state index in [2.05, 4.69) is 25.6 Å². The topological polar surface area (TPSA) is 112 Å². The number of methoxy groups -OCH3 is 1. The fourth-order valence-corrected chi connectivity index (χ4v) is 3.38. The van der Waals surface area contributed by atoms with Crippen molar-refractivity contribution < 1.29 is 14.6 Å². The van der Waals surface area contributed by atoms with Crippen LogP contribution in [0.4, 0.5) is 4.79 Å². The average Bonchev–Trinajstić information content (AvgIpc) is 3.10. The first kappa shape index (κ1) is 18.5. The highest BCUT2D eigenvalue weighted by molar-refractivity contribution is 6.34. The smallest absolute Gasteiger partial charge is 0.315 e. The summed E-state index contributed by atoms with van der Waals surface area (Å²) in [6.07, 6.45) is 4.24. The van der Waals surface area contributed by atoms with Gasteiger partial charge < -0.3 is 25.5 Å². The molecular weight excluding hydrogens is 382 g/mol. The van der Waals surface area contributed by atoms with Gasteiger partial charge in [-0.15, -0.1) is 0 Å². The number of hydrogen-bond donors (Lipinski definition) is 4. The number of aliphatic hydroxyl groups is 1. The lowest BCUT2D eigenvalue weighted by Gasteiger charge is -2.32. The van der Waals surface area contributed by atoms with Gasteiger partial charge in [0.05, 0.1) is 48.9 Å². The number of carbonyl (C=O) groups is 1. The third kappa shape index (κ3) is 3.74. The van der Waals surface area contributed by atoms with Crippen molar-refractivity contribution >= 4 is 28.5 Å². The van der Waals surface area contributed by atoms with Crippen LogP contribution in [-0.4, -0.2) is 45.3 Å². The van der Waals surface area contributed by atoms with E-state index in [0.29, 0.717) is 23.1 Å². The molecule has 1 fully saturated rings. The Kier molecular flexibility index (Phi) is 5.06. The van der Waals surface area contributed by atoms with Gasteiger partial charge in [-0.3, -0.25) is 0 Å². The van der Waals surface area contributed by atoms with E-state index in [-0.39, 0.29) is 12.1 Å². The summed E-state index contributed by atoms with van der Waals surface area (Å²) in [6, 6.07) is 5.23. The van der Waals surface area contributed by atoms with E-state index >= 15 is 0 Å². The first-order chi connectivity index (χ1) is 13.5. The number of fused-ring (bicyclic) bond motifs is 1. The van der Waals surface area contributed by atoms with Crippen LogP contribution >= 0.6 is 11.6 Å². The van der Waals surface area contributed by atoms with Crippen LogP contribution in [0.2, 0.25) is 5.02 Å². The van der Waals surface area contributed by atoms with Gasteiger partial charge in [0.1, 0.15) is 0 Å². The molecule has 2 atom stereocenters. The zero-order valence-electron chi connectivity index (χ0n) is 15.2. The fourth-order valence-electron chi connectivity index (χ4n) is 3.11. The van der Waals surface area contributed by atoms with E-state index in [0.717, 1.165) is 35.0 Å². The van der Waals surface area contributed by atoms with Crippen molar-refractivity contribution in [2.75, 3.05) is 7.11 Å². The van der Waals surface area contributed by atoms with Crippen molar-refractivity contribution in [3.8, 4) is 17.1 Å². The van der Waals surface area contributed by atoms with Gasteiger partial charge in [0.15, 0.2) is 0 Å². The first-order valence-electron chi connectivity index (χ1n) is 8.93. The minimum atomic E-state index is -0.444. The Bertz CT molecular complexity index is 1000. The van der Waals surface area contributed by atoms with Gasteiger partial charge >= 0.3 is 6.03 Å². The van der Waals surface area contributed by atoms with Crippen molar-refractivity contribution in [2.24, 2.45) is 0 Å². The molecule has 0 saturated heterocycles. The molecule has 2 heterocycles. The third-order valence-corrected chi connectivity index (χ3v) is 5.18. The van der Waals surface area contributed by atoms with E-state index in [4.69, 9.17) is 16.3 Å². The zero-order chi connectivity index (χ0) is 19.7. The van der Waals surface area contributed by atoms with Crippen LogP contribution < -0.4 is 15.4 Å². The molecule has 1 aromatic carbocycles. The maximum absolute atomic E-state index is 11.9. The molecule has 146 valence electrons. The highest BCUT2D eigenvalue weighted by Gasteiger charge is 2.29. The maximum Gasteiger partial charge on any atom is 0.315 e. The summed E-state index contributed by atoms with van der Waals surface area (Å²) >= 11 is 6.43. The number of aliphatic hydroxyl groups excluding tert-OH is 1. The number of ether oxygens (including phenoxy) is 1. The number of amides is 2. The predicted octanol–water partition coefficient (Wildman–Crippen LogP) is 2.61. The SMILES string of the molecule is COc1cnc(-c2cc3[nH]c(CNC(=O)NC4CCC4O)cc3cc2Cl)cn1. The number of carbonyl (C=O) groups excluding carboxylic acids is 1. The molecule has 1 aliphatic carbocycles. The second-order valence-corrected chi connectivity index (χ2v) is 7.14. The quantitative estimate of drug-likeness (QED) is 0.525. The molecule has 2 amide bonds. The van der Waals surface area contributed by atoms with Gasteiger partial charge in [0.2, 0.25) is 5.88 Å². The minimum Gasteiger partial charge on any atom is -0.480 e. The predicted molar refractivity (Wildman–Crippen MR) is 105 cm³/mol. The lowest BCUT2D eigenvalue weighted by molar-refractivity contribution is 0.0548. The highest BCUT2D eigenvalue weighted by Crippen LogP contribution is 2.31. The Morgan fingerprint density at radius 3 is 2.82 bits per heavy atom. The summed E-state index contributed by atoms with van der Waals surface area (Å²) in [7, 11) is 1.53. The number of H-pyrrole nitrogens is 1. The lowest BCUT2D eigenvalue weighted by atomic mass is 9.89. The number of hydrogen-bond acceptors (Lipinski definition) is 5. The second-order valence-electron chi connectivity index (χ2n) is 6.74.